The summed E-state index contributed by atoms with van der Waals surface area (Å²) in [5.74, 6) is 0.862. The van der Waals surface area contributed by atoms with Crippen molar-refractivity contribution in [2.45, 2.75) is 25.4 Å². The van der Waals surface area contributed by atoms with Crippen molar-refractivity contribution in [3.63, 3.8) is 0 Å². The Morgan fingerprint density at radius 3 is 2.83 bits per heavy atom. The maximum absolute atomic E-state index is 4.33. The quantitative estimate of drug-likeness (QED) is 0.662. The number of rotatable bonds is 4. The molecule has 1 aliphatic rings. The Morgan fingerprint density at radius 1 is 1.39 bits per heavy atom. The summed E-state index contributed by atoms with van der Waals surface area (Å²) in [6, 6.07) is 6.81. The topological polar surface area (TPSA) is 57.5 Å². The zero-order valence-corrected chi connectivity index (χ0v) is 14.5. The van der Waals surface area contributed by atoms with Crippen molar-refractivity contribution in [3.05, 3.63) is 35.5 Å². The fraction of sp³-hybridized carbons (Fsp3) is 0.500. The standard InChI is InChI=1S/C16H24N6S/c1-17-16(18-12-14-5-8-19-21(14)2)20-13-6-9-22(10-7-13)15-4-3-11-23-15/h3-5,8,11,13H,6-7,9-10,12H2,1-2H3,(H2,17,18,20). The molecule has 0 bridgehead atoms. The van der Waals surface area contributed by atoms with Crippen molar-refractivity contribution in [1.29, 1.82) is 0 Å². The molecule has 0 radical (unpaired) electrons. The van der Waals surface area contributed by atoms with Crippen LogP contribution in [0.25, 0.3) is 0 Å². The molecule has 1 saturated heterocycles. The van der Waals surface area contributed by atoms with Crippen molar-refractivity contribution in [3.8, 4) is 0 Å². The van der Waals surface area contributed by atoms with Gasteiger partial charge in [0.15, 0.2) is 5.96 Å². The van der Waals surface area contributed by atoms with Crippen molar-refractivity contribution in [2.75, 3.05) is 25.0 Å². The lowest BCUT2D eigenvalue weighted by molar-refractivity contribution is 0.462. The maximum Gasteiger partial charge on any atom is 0.191 e. The Labute approximate surface area is 141 Å². The number of nitrogens with one attached hydrogen (secondary N) is 2. The van der Waals surface area contributed by atoms with Crippen LogP contribution in [0.15, 0.2) is 34.8 Å². The van der Waals surface area contributed by atoms with Gasteiger partial charge in [0.2, 0.25) is 0 Å². The van der Waals surface area contributed by atoms with Crippen LogP contribution in [0.5, 0.6) is 0 Å². The fourth-order valence-electron chi connectivity index (χ4n) is 2.83. The van der Waals surface area contributed by atoms with Gasteiger partial charge in [0.1, 0.15) is 0 Å². The number of nitrogens with zero attached hydrogens (tertiary/aromatic N) is 4. The molecule has 0 spiro atoms. The zero-order valence-electron chi connectivity index (χ0n) is 13.7. The summed E-state index contributed by atoms with van der Waals surface area (Å²) in [4.78, 5) is 6.80. The van der Waals surface area contributed by atoms with Crippen molar-refractivity contribution < 1.29 is 0 Å². The number of aryl methyl sites for hydroxylation is 1. The highest BCUT2D eigenvalue weighted by atomic mass is 32.1. The van der Waals surface area contributed by atoms with Gasteiger partial charge >= 0.3 is 0 Å². The van der Waals surface area contributed by atoms with Crippen molar-refractivity contribution >= 4 is 22.3 Å². The van der Waals surface area contributed by atoms with E-state index in [0.29, 0.717) is 6.04 Å². The molecule has 0 aliphatic carbocycles. The monoisotopic (exact) mass is 332 g/mol. The van der Waals surface area contributed by atoms with E-state index in [1.165, 1.54) is 5.00 Å². The van der Waals surface area contributed by atoms with E-state index in [-0.39, 0.29) is 0 Å². The Kier molecular flexibility index (Phi) is 5.17. The maximum atomic E-state index is 4.33. The normalized spacial score (nSPS) is 16.6. The number of aromatic nitrogens is 2. The molecule has 124 valence electrons. The second-order valence-electron chi connectivity index (χ2n) is 5.73. The molecule has 0 atom stereocenters. The lowest BCUT2D eigenvalue weighted by atomic mass is 10.1. The number of piperidine rings is 1. The first kappa shape index (κ1) is 15.9. The average molecular weight is 332 g/mol. The smallest absolute Gasteiger partial charge is 0.191 e. The first-order chi connectivity index (χ1) is 11.3. The Morgan fingerprint density at radius 2 is 2.22 bits per heavy atom. The van der Waals surface area contributed by atoms with E-state index >= 15 is 0 Å². The van der Waals surface area contributed by atoms with Gasteiger partial charge in [-0.05, 0) is 36.4 Å². The molecule has 1 fully saturated rings. The SMILES string of the molecule is CN=C(NCc1ccnn1C)NC1CCN(c2cccs2)CC1. The minimum atomic E-state index is 0.476. The summed E-state index contributed by atoms with van der Waals surface area (Å²) in [7, 11) is 3.77. The zero-order chi connectivity index (χ0) is 16.1. The van der Waals surface area contributed by atoms with Gasteiger partial charge in [-0.1, -0.05) is 0 Å². The van der Waals surface area contributed by atoms with E-state index in [2.05, 4.69) is 43.1 Å². The van der Waals surface area contributed by atoms with Crippen molar-refractivity contribution in [2.24, 2.45) is 12.0 Å². The molecule has 0 saturated carbocycles. The first-order valence-corrected chi connectivity index (χ1v) is 8.87. The fourth-order valence-corrected chi connectivity index (χ4v) is 3.62. The van der Waals surface area contributed by atoms with Gasteiger partial charge < -0.3 is 15.5 Å². The minimum absolute atomic E-state index is 0.476. The molecular formula is C16H24N6S. The predicted molar refractivity (Wildman–Crippen MR) is 96.1 cm³/mol. The Bertz CT molecular complexity index is 625. The summed E-state index contributed by atoms with van der Waals surface area (Å²) in [6.45, 7) is 2.91. The van der Waals surface area contributed by atoms with Gasteiger partial charge in [-0.2, -0.15) is 5.10 Å². The van der Waals surface area contributed by atoms with Gasteiger partial charge in [-0.25, -0.2) is 0 Å². The molecule has 1 aliphatic heterocycles. The molecule has 2 N–H and O–H groups in total. The number of anilines is 1. The van der Waals surface area contributed by atoms with Gasteiger partial charge in [0, 0.05) is 39.4 Å². The molecule has 0 amide bonds. The second-order valence-corrected chi connectivity index (χ2v) is 6.66. The lowest BCUT2D eigenvalue weighted by Crippen LogP contribution is -2.48. The van der Waals surface area contributed by atoms with E-state index in [4.69, 9.17) is 0 Å². The highest BCUT2D eigenvalue weighted by Crippen LogP contribution is 2.24. The lowest BCUT2D eigenvalue weighted by Gasteiger charge is -2.33. The number of hydrogen-bond donors (Lipinski definition) is 2. The number of hydrogen-bond acceptors (Lipinski definition) is 4. The van der Waals surface area contributed by atoms with E-state index in [9.17, 15) is 0 Å². The van der Waals surface area contributed by atoms with Crippen LogP contribution < -0.4 is 15.5 Å². The van der Waals surface area contributed by atoms with Crippen LogP contribution in [-0.2, 0) is 13.6 Å². The predicted octanol–water partition coefficient (Wildman–Crippen LogP) is 1.82. The molecule has 23 heavy (non-hydrogen) atoms. The molecule has 7 heteroatoms. The minimum Gasteiger partial charge on any atom is -0.363 e. The molecule has 3 heterocycles. The summed E-state index contributed by atoms with van der Waals surface area (Å²) in [6.07, 6.45) is 4.07. The highest BCUT2D eigenvalue weighted by molar-refractivity contribution is 7.14. The largest absolute Gasteiger partial charge is 0.363 e. The van der Waals surface area contributed by atoms with Crippen molar-refractivity contribution in [1.82, 2.24) is 20.4 Å². The van der Waals surface area contributed by atoms with E-state index in [0.717, 1.165) is 44.1 Å². The highest BCUT2D eigenvalue weighted by Gasteiger charge is 2.20. The summed E-state index contributed by atoms with van der Waals surface area (Å²) < 4.78 is 1.87. The van der Waals surface area contributed by atoms with Crippen LogP contribution in [0.4, 0.5) is 5.00 Å². The molecule has 0 unspecified atom stereocenters. The van der Waals surface area contributed by atoms with Crippen LogP contribution in [-0.4, -0.2) is 41.9 Å². The summed E-state index contributed by atoms with van der Waals surface area (Å²) in [5, 5.41) is 14.6. The van der Waals surface area contributed by atoms with Gasteiger partial charge in [-0.15, -0.1) is 11.3 Å². The van der Waals surface area contributed by atoms with E-state index in [1.54, 1.807) is 0 Å². The first-order valence-electron chi connectivity index (χ1n) is 7.99. The molecule has 2 aromatic rings. The third kappa shape index (κ3) is 4.04. The third-order valence-electron chi connectivity index (χ3n) is 4.24. The van der Waals surface area contributed by atoms with E-state index in [1.807, 2.05) is 42.4 Å². The Balaban J connectivity index is 1.46. The Hall–Kier alpha value is -2.02. The van der Waals surface area contributed by atoms with Gasteiger partial charge in [0.05, 0.1) is 17.2 Å². The van der Waals surface area contributed by atoms with Gasteiger partial charge in [-0.3, -0.25) is 9.67 Å². The molecule has 2 aromatic heterocycles. The van der Waals surface area contributed by atoms with Crippen LogP contribution in [0.1, 0.15) is 18.5 Å². The van der Waals surface area contributed by atoms with Crippen LogP contribution in [0.2, 0.25) is 0 Å². The van der Waals surface area contributed by atoms with Crippen LogP contribution in [0, 0.1) is 0 Å². The van der Waals surface area contributed by atoms with Gasteiger partial charge in [0.25, 0.3) is 0 Å². The summed E-state index contributed by atoms with van der Waals surface area (Å²) in [5.41, 5.74) is 1.14. The van der Waals surface area contributed by atoms with E-state index < -0.39 is 0 Å². The number of thiophene rings is 1. The molecule has 6 nitrogen and oxygen atoms in total. The molecule has 3 rings (SSSR count). The second kappa shape index (κ2) is 7.50. The van der Waals surface area contributed by atoms with Crippen LogP contribution >= 0.6 is 11.3 Å². The third-order valence-corrected chi connectivity index (χ3v) is 5.17. The summed E-state index contributed by atoms with van der Waals surface area (Å²) >= 11 is 1.82. The molecular weight excluding hydrogens is 308 g/mol. The average Bonchev–Trinajstić information content (AvgIpc) is 3.24. The van der Waals surface area contributed by atoms with Crippen LogP contribution in [0.3, 0.4) is 0 Å². The number of aliphatic imine (C=N–C) groups is 1. The number of guanidine groups is 1. The molecule has 0 aromatic carbocycles.